The van der Waals surface area contributed by atoms with Crippen LogP contribution in [0.3, 0.4) is 0 Å². The van der Waals surface area contributed by atoms with Crippen LogP contribution in [0.1, 0.15) is 50.4 Å². The van der Waals surface area contributed by atoms with Crippen LogP contribution >= 0.6 is 0 Å². The Hall–Kier alpha value is -5.37. The van der Waals surface area contributed by atoms with Crippen molar-refractivity contribution in [2.24, 2.45) is 0 Å². The number of carbonyl (C=O) groups excluding carboxylic acids is 1. The third-order valence-electron chi connectivity index (χ3n) is 7.49. The second kappa shape index (κ2) is 10.9. The van der Waals surface area contributed by atoms with E-state index in [0.29, 0.717) is 27.9 Å². The second-order valence-corrected chi connectivity index (χ2v) is 10.2. The standard InChI is InChI=1S/C34H25F2N3O3/c1-20(24-11-10-22-4-2-3-5-25(22)14-24)31-32-28(33(40)37-17-21-6-8-23(9-7-21)34(41)42)15-27(18-39(32)19-38-31)26-12-13-29(35)30(36)16-26/h2-16,18-20H,17H2,1H3,(H,37,40)(H,41,42)/t20-/m1/s1. The number of amides is 1. The quantitative estimate of drug-likeness (QED) is 0.216. The summed E-state index contributed by atoms with van der Waals surface area (Å²) in [5.41, 5.74) is 4.44. The molecule has 0 aliphatic heterocycles. The number of carbonyl (C=O) groups is 2. The molecule has 0 aliphatic rings. The molecule has 0 unspecified atom stereocenters. The van der Waals surface area contributed by atoms with Gasteiger partial charge in [-0.2, -0.15) is 0 Å². The number of fused-ring (bicyclic) bond motifs is 2. The molecule has 1 amide bonds. The van der Waals surface area contributed by atoms with Crippen LogP contribution in [-0.4, -0.2) is 26.4 Å². The number of hydrogen-bond acceptors (Lipinski definition) is 3. The maximum atomic E-state index is 14.1. The number of aromatic nitrogens is 2. The zero-order chi connectivity index (χ0) is 29.4. The van der Waals surface area contributed by atoms with E-state index in [1.165, 1.54) is 18.2 Å². The fourth-order valence-electron chi connectivity index (χ4n) is 5.16. The molecule has 1 atom stereocenters. The summed E-state index contributed by atoms with van der Waals surface area (Å²) in [6.07, 6.45) is 3.36. The van der Waals surface area contributed by atoms with E-state index < -0.39 is 17.6 Å². The van der Waals surface area contributed by atoms with Crippen LogP contribution in [0.5, 0.6) is 0 Å². The normalized spacial score (nSPS) is 12.0. The highest BCUT2D eigenvalue weighted by Crippen LogP contribution is 2.33. The predicted octanol–water partition coefficient (Wildman–Crippen LogP) is 7.21. The molecule has 6 rings (SSSR count). The summed E-state index contributed by atoms with van der Waals surface area (Å²) in [7, 11) is 0. The van der Waals surface area contributed by atoms with E-state index in [-0.39, 0.29) is 23.9 Å². The van der Waals surface area contributed by atoms with Gasteiger partial charge in [0.15, 0.2) is 11.6 Å². The lowest BCUT2D eigenvalue weighted by Gasteiger charge is -2.15. The molecule has 0 fully saturated rings. The SMILES string of the molecule is C[C@H](c1ccc2ccccc2c1)c1ncn2cc(-c3ccc(F)c(F)c3)cc(C(=O)NCc3ccc(C(=O)O)cc3)c12. The Morgan fingerprint density at radius 1 is 0.881 bits per heavy atom. The summed E-state index contributed by atoms with van der Waals surface area (Å²) in [5.74, 6) is -3.53. The zero-order valence-corrected chi connectivity index (χ0v) is 22.5. The molecule has 0 aliphatic carbocycles. The minimum Gasteiger partial charge on any atom is -0.478 e. The minimum absolute atomic E-state index is 0.151. The van der Waals surface area contributed by atoms with Gasteiger partial charge in [0.2, 0.25) is 0 Å². The average Bonchev–Trinajstić information content (AvgIpc) is 3.44. The van der Waals surface area contributed by atoms with Gasteiger partial charge in [-0.1, -0.05) is 67.6 Å². The Morgan fingerprint density at radius 2 is 1.64 bits per heavy atom. The molecular formula is C34H25F2N3O3. The Bertz CT molecular complexity index is 1980. The number of benzene rings is 4. The lowest BCUT2D eigenvalue weighted by Crippen LogP contribution is -2.24. The van der Waals surface area contributed by atoms with Gasteiger partial charge in [0.1, 0.15) is 0 Å². The molecule has 2 aromatic heterocycles. The first-order valence-electron chi connectivity index (χ1n) is 13.3. The largest absolute Gasteiger partial charge is 0.478 e. The van der Waals surface area contributed by atoms with Crippen LogP contribution in [0.25, 0.3) is 27.4 Å². The molecule has 0 saturated carbocycles. The summed E-state index contributed by atoms with van der Waals surface area (Å²) in [6, 6.07) is 25.8. The van der Waals surface area contributed by atoms with Gasteiger partial charge < -0.3 is 14.8 Å². The van der Waals surface area contributed by atoms with E-state index in [2.05, 4.69) is 17.4 Å². The van der Waals surface area contributed by atoms with Crippen LogP contribution in [0.2, 0.25) is 0 Å². The number of halogens is 2. The smallest absolute Gasteiger partial charge is 0.335 e. The lowest BCUT2D eigenvalue weighted by molar-refractivity contribution is 0.0696. The van der Waals surface area contributed by atoms with E-state index in [1.54, 1.807) is 35.1 Å². The summed E-state index contributed by atoms with van der Waals surface area (Å²) < 4.78 is 29.5. The van der Waals surface area contributed by atoms with E-state index in [4.69, 9.17) is 10.1 Å². The Labute approximate surface area is 239 Å². The van der Waals surface area contributed by atoms with Crippen LogP contribution in [0, 0.1) is 11.6 Å². The first-order valence-corrected chi connectivity index (χ1v) is 13.3. The van der Waals surface area contributed by atoms with Gasteiger partial charge in [0, 0.05) is 18.7 Å². The number of nitrogens with one attached hydrogen (secondary N) is 1. The van der Waals surface area contributed by atoms with Crippen molar-refractivity contribution in [1.82, 2.24) is 14.7 Å². The van der Waals surface area contributed by atoms with E-state index in [0.717, 1.165) is 34.0 Å². The van der Waals surface area contributed by atoms with Crippen LogP contribution in [0.15, 0.2) is 104 Å². The lowest BCUT2D eigenvalue weighted by atomic mass is 9.93. The van der Waals surface area contributed by atoms with Gasteiger partial charge in [-0.05, 0) is 63.4 Å². The van der Waals surface area contributed by atoms with Crippen LogP contribution in [-0.2, 0) is 6.54 Å². The Balaban J connectivity index is 1.42. The number of hydrogen-bond donors (Lipinski definition) is 2. The van der Waals surface area contributed by atoms with Crippen molar-refractivity contribution in [2.45, 2.75) is 19.4 Å². The average molecular weight is 562 g/mol. The molecule has 0 bridgehead atoms. The molecular weight excluding hydrogens is 536 g/mol. The Morgan fingerprint density at radius 3 is 2.38 bits per heavy atom. The molecule has 6 aromatic rings. The van der Waals surface area contributed by atoms with Gasteiger partial charge in [-0.25, -0.2) is 18.6 Å². The maximum absolute atomic E-state index is 14.1. The number of imidazole rings is 1. The number of carboxylic acids is 1. The van der Waals surface area contributed by atoms with E-state index in [9.17, 15) is 18.4 Å². The number of rotatable bonds is 7. The summed E-state index contributed by atoms with van der Waals surface area (Å²) in [4.78, 5) is 29.6. The van der Waals surface area contributed by atoms with Crippen molar-refractivity contribution in [3.8, 4) is 11.1 Å². The topological polar surface area (TPSA) is 83.7 Å². The van der Waals surface area contributed by atoms with Gasteiger partial charge in [0.05, 0.1) is 28.7 Å². The zero-order valence-electron chi connectivity index (χ0n) is 22.5. The maximum Gasteiger partial charge on any atom is 0.335 e. The second-order valence-electron chi connectivity index (χ2n) is 10.2. The fraction of sp³-hybridized carbons (Fsp3) is 0.0882. The van der Waals surface area contributed by atoms with Gasteiger partial charge in [-0.3, -0.25) is 4.79 Å². The molecule has 0 saturated heterocycles. The number of nitrogens with zero attached hydrogens (tertiary/aromatic N) is 2. The molecule has 0 spiro atoms. The van der Waals surface area contributed by atoms with Crippen molar-refractivity contribution in [2.75, 3.05) is 0 Å². The van der Waals surface area contributed by atoms with Crippen molar-refractivity contribution < 1.29 is 23.5 Å². The van der Waals surface area contributed by atoms with Crippen LogP contribution in [0.4, 0.5) is 8.78 Å². The minimum atomic E-state index is -1.03. The van der Waals surface area contributed by atoms with Crippen molar-refractivity contribution in [3.63, 3.8) is 0 Å². The third kappa shape index (κ3) is 5.10. The molecule has 6 nitrogen and oxygen atoms in total. The van der Waals surface area contributed by atoms with Crippen molar-refractivity contribution in [3.05, 3.63) is 143 Å². The third-order valence-corrected chi connectivity index (χ3v) is 7.49. The number of carboxylic acid groups (broad SMARTS) is 1. The molecule has 8 heteroatoms. The predicted molar refractivity (Wildman–Crippen MR) is 157 cm³/mol. The van der Waals surface area contributed by atoms with Gasteiger partial charge >= 0.3 is 5.97 Å². The van der Waals surface area contributed by atoms with Crippen LogP contribution < -0.4 is 5.32 Å². The van der Waals surface area contributed by atoms with Gasteiger partial charge in [-0.15, -0.1) is 0 Å². The molecule has 2 N–H and O–H groups in total. The van der Waals surface area contributed by atoms with Gasteiger partial charge in [0.25, 0.3) is 5.91 Å². The molecule has 2 heterocycles. The highest BCUT2D eigenvalue weighted by atomic mass is 19.2. The highest BCUT2D eigenvalue weighted by Gasteiger charge is 2.22. The first kappa shape index (κ1) is 26.8. The molecule has 42 heavy (non-hydrogen) atoms. The Kier molecular flexibility index (Phi) is 6.96. The number of aromatic carboxylic acids is 1. The molecule has 208 valence electrons. The fourth-order valence-corrected chi connectivity index (χ4v) is 5.16. The number of pyridine rings is 1. The van der Waals surface area contributed by atoms with E-state index in [1.807, 2.05) is 37.3 Å². The molecule has 4 aromatic carbocycles. The summed E-state index contributed by atoms with van der Waals surface area (Å²) in [6.45, 7) is 2.19. The van der Waals surface area contributed by atoms with E-state index >= 15 is 0 Å². The summed E-state index contributed by atoms with van der Waals surface area (Å²) in [5, 5.41) is 14.3. The van der Waals surface area contributed by atoms with Crippen molar-refractivity contribution in [1.29, 1.82) is 0 Å². The first-order chi connectivity index (χ1) is 20.3. The monoisotopic (exact) mass is 561 g/mol. The van der Waals surface area contributed by atoms with Crippen molar-refractivity contribution >= 4 is 28.2 Å². The molecule has 0 radical (unpaired) electrons. The highest BCUT2D eigenvalue weighted by molar-refractivity contribution is 6.02. The summed E-state index contributed by atoms with van der Waals surface area (Å²) >= 11 is 0.